The Hall–Kier alpha value is -3.02. The van der Waals surface area contributed by atoms with Crippen LogP contribution in [0.5, 0.6) is 5.75 Å². The third-order valence-corrected chi connectivity index (χ3v) is 3.03. The molecule has 0 aromatic heterocycles. The van der Waals surface area contributed by atoms with Crippen LogP contribution in [0.15, 0.2) is 60.0 Å². The fraction of sp³-hybridized carbons (Fsp3) is 0.125. The topological polar surface area (TPSA) is 76.1 Å². The molecule has 2 rings (SSSR count). The smallest absolute Gasteiger partial charge is 0.355 e. The predicted molar refractivity (Wildman–Crippen MR) is 79.9 cm³/mol. The molecule has 0 amide bonds. The average Bonchev–Trinajstić information content (AvgIpc) is 2.76. The number of rotatable bonds is 3. The second kappa shape index (κ2) is 6.62. The number of hydrogen-bond acceptors (Lipinski definition) is 6. The molecule has 0 aliphatic carbocycles. The first-order chi connectivity index (χ1) is 10.6. The molecule has 0 atom stereocenters. The van der Waals surface area contributed by atoms with Gasteiger partial charge in [0.1, 0.15) is 11.4 Å². The minimum Gasteiger partial charge on any atom is -0.506 e. The highest BCUT2D eigenvalue weighted by Gasteiger charge is 2.28. The van der Waals surface area contributed by atoms with Gasteiger partial charge >= 0.3 is 11.9 Å². The zero-order valence-corrected chi connectivity index (χ0v) is 12.1. The minimum atomic E-state index is -0.722. The van der Waals surface area contributed by atoms with Crippen molar-refractivity contribution >= 4 is 17.6 Å². The van der Waals surface area contributed by atoms with Crippen molar-refractivity contribution in [2.45, 2.75) is 0 Å². The van der Waals surface area contributed by atoms with Crippen LogP contribution in [-0.2, 0) is 19.1 Å². The van der Waals surface area contributed by atoms with Gasteiger partial charge in [-0.25, -0.2) is 9.59 Å². The molecule has 1 heterocycles. The maximum absolute atomic E-state index is 12.2. The van der Waals surface area contributed by atoms with E-state index in [0.717, 1.165) is 0 Å². The predicted octanol–water partition coefficient (Wildman–Crippen LogP) is 1.88. The summed E-state index contributed by atoms with van der Waals surface area (Å²) in [5.74, 6) is -1.44. The second-order valence-electron chi connectivity index (χ2n) is 4.30. The standard InChI is InChI=1S/C16H15NO5/c1-21-15(19)11-7-5-6-10-17(14(11)16(20)22-2)12-8-3-4-9-13(12)18/h3-10,18H,1-2H3. The molecule has 0 saturated carbocycles. The lowest BCUT2D eigenvalue weighted by Gasteiger charge is -2.23. The zero-order valence-electron chi connectivity index (χ0n) is 12.1. The van der Waals surface area contributed by atoms with Crippen molar-refractivity contribution in [3.63, 3.8) is 0 Å². The lowest BCUT2D eigenvalue weighted by atomic mass is 10.1. The van der Waals surface area contributed by atoms with Gasteiger partial charge in [-0.2, -0.15) is 0 Å². The van der Waals surface area contributed by atoms with Crippen LogP contribution >= 0.6 is 0 Å². The van der Waals surface area contributed by atoms with Crippen LogP contribution in [-0.4, -0.2) is 31.3 Å². The molecular weight excluding hydrogens is 286 g/mol. The van der Waals surface area contributed by atoms with Gasteiger partial charge in [0.15, 0.2) is 0 Å². The largest absolute Gasteiger partial charge is 0.506 e. The monoisotopic (exact) mass is 301 g/mol. The number of hydrogen-bond donors (Lipinski definition) is 1. The molecule has 1 N–H and O–H groups in total. The van der Waals surface area contributed by atoms with Crippen LogP contribution in [0.3, 0.4) is 0 Å². The molecule has 0 fully saturated rings. The molecular formula is C16H15NO5. The normalized spacial score (nSPS) is 13.8. The lowest BCUT2D eigenvalue weighted by Crippen LogP contribution is -2.27. The summed E-state index contributed by atoms with van der Waals surface area (Å²) in [6.07, 6.45) is 6.23. The second-order valence-corrected chi connectivity index (χ2v) is 4.30. The number of phenols is 1. The van der Waals surface area contributed by atoms with Crippen LogP contribution in [0.4, 0.5) is 5.69 Å². The molecule has 1 aromatic carbocycles. The first-order valence-corrected chi connectivity index (χ1v) is 6.43. The molecule has 0 radical (unpaired) electrons. The Morgan fingerprint density at radius 3 is 2.36 bits per heavy atom. The number of phenolic OH excluding ortho intramolecular Hbond substituents is 1. The SMILES string of the molecule is COC(=O)C1=C(C(=O)OC)N(c2ccccc2O)C=CC=C1. The molecule has 1 aliphatic rings. The molecule has 6 nitrogen and oxygen atoms in total. The van der Waals surface area contributed by atoms with E-state index in [1.54, 1.807) is 36.6 Å². The van der Waals surface area contributed by atoms with Crippen molar-refractivity contribution in [1.29, 1.82) is 0 Å². The summed E-state index contributed by atoms with van der Waals surface area (Å²) in [7, 11) is 2.44. The number of esters is 2. The number of nitrogens with zero attached hydrogens (tertiary/aromatic N) is 1. The maximum atomic E-state index is 12.2. The molecule has 1 aromatic rings. The van der Waals surface area contributed by atoms with Crippen LogP contribution < -0.4 is 4.90 Å². The van der Waals surface area contributed by atoms with Crippen molar-refractivity contribution in [1.82, 2.24) is 0 Å². The Balaban J connectivity index is 2.67. The third kappa shape index (κ3) is 2.85. The number of carbonyl (C=O) groups excluding carboxylic acids is 2. The number of anilines is 1. The Bertz CT molecular complexity index is 688. The Labute approximate surface area is 127 Å². The highest BCUT2D eigenvalue weighted by atomic mass is 16.5. The van der Waals surface area contributed by atoms with Crippen LogP contribution in [0, 0.1) is 0 Å². The van der Waals surface area contributed by atoms with E-state index in [9.17, 15) is 14.7 Å². The number of ether oxygens (including phenoxy) is 2. The van der Waals surface area contributed by atoms with E-state index in [-0.39, 0.29) is 17.0 Å². The van der Waals surface area contributed by atoms with Gasteiger partial charge in [-0.1, -0.05) is 18.2 Å². The van der Waals surface area contributed by atoms with Gasteiger partial charge in [-0.3, -0.25) is 0 Å². The van der Waals surface area contributed by atoms with Crippen LogP contribution in [0.2, 0.25) is 0 Å². The summed E-state index contributed by atoms with van der Waals surface area (Å²) < 4.78 is 9.48. The van der Waals surface area contributed by atoms with E-state index in [4.69, 9.17) is 9.47 Å². The lowest BCUT2D eigenvalue weighted by molar-refractivity contribution is -0.139. The minimum absolute atomic E-state index is 0.0302. The number of aromatic hydroxyl groups is 1. The summed E-state index contributed by atoms with van der Waals surface area (Å²) in [6.45, 7) is 0. The van der Waals surface area contributed by atoms with Gasteiger partial charge in [0.2, 0.25) is 0 Å². The Kier molecular flexibility index (Phi) is 4.63. The zero-order chi connectivity index (χ0) is 16.1. The first kappa shape index (κ1) is 15.4. The molecule has 0 unspecified atom stereocenters. The summed E-state index contributed by atoms with van der Waals surface area (Å²) in [4.78, 5) is 25.5. The van der Waals surface area contributed by atoms with E-state index >= 15 is 0 Å². The van der Waals surface area contributed by atoms with E-state index in [1.165, 1.54) is 31.3 Å². The number of benzene rings is 1. The van der Waals surface area contributed by atoms with E-state index < -0.39 is 11.9 Å². The fourth-order valence-electron chi connectivity index (χ4n) is 2.02. The van der Waals surface area contributed by atoms with Gasteiger partial charge in [-0.15, -0.1) is 0 Å². The van der Waals surface area contributed by atoms with Gasteiger partial charge in [0.05, 0.1) is 25.5 Å². The molecule has 0 bridgehead atoms. The van der Waals surface area contributed by atoms with E-state index in [1.807, 2.05) is 0 Å². The molecule has 6 heteroatoms. The molecule has 114 valence electrons. The van der Waals surface area contributed by atoms with Gasteiger partial charge in [-0.05, 0) is 24.3 Å². The first-order valence-electron chi connectivity index (χ1n) is 6.43. The maximum Gasteiger partial charge on any atom is 0.355 e. The van der Waals surface area contributed by atoms with Crippen molar-refractivity contribution in [3.05, 3.63) is 60.0 Å². The van der Waals surface area contributed by atoms with Crippen LogP contribution in [0.1, 0.15) is 0 Å². The fourth-order valence-corrected chi connectivity index (χ4v) is 2.02. The molecule has 0 saturated heterocycles. The van der Waals surface area contributed by atoms with E-state index in [0.29, 0.717) is 5.69 Å². The summed E-state index contributed by atoms with van der Waals surface area (Å²) in [5, 5.41) is 10.0. The van der Waals surface area contributed by atoms with Gasteiger partial charge < -0.3 is 19.5 Å². The van der Waals surface area contributed by atoms with Crippen molar-refractivity contribution in [3.8, 4) is 5.75 Å². The van der Waals surface area contributed by atoms with Crippen molar-refractivity contribution in [2.24, 2.45) is 0 Å². The summed E-state index contributed by atoms with van der Waals surface area (Å²) >= 11 is 0. The molecule has 0 spiro atoms. The van der Waals surface area contributed by atoms with Gasteiger partial charge in [0, 0.05) is 6.20 Å². The molecule has 1 aliphatic heterocycles. The number of carbonyl (C=O) groups is 2. The molecule has 22 heavy (non-hydrogen) atoms. The summed E-state index contributed by atoms with van der Waals surface area (Å²) in [5.41, 5.74) is 0.327. The van der Waals surface area contributed by atoms with Crippen molar-refractivity contribution in [2.75, 3.05) is 19.1 Å². The number of allylic oxidation sites excluding steroid dienone is 2. The Morgan fingerprint density at radius 2 is 1.73 bits per heavy atom. The highest BCUT2D eigenvalue weighted by molar-refractivity contribution is 6.05. The number of para-hydroxylation sites is 2. The van der Waals surface area contributed by atoms with Gasteiger partial charge in [0.25, 0.3) is 0 Å². The Morgan fingerprint density at radius 1 is 1.05 bits per heavy atom. The number of methoxy groups -OCH3 is 2. The quantitative estimate of drug-likeness (QED) is 0.859. The average molecular weight is 301 g/mol. The van der Waals surface area contributed by atoms with Crippen molar-refractivity contribution < 1.29 is 24.2 Å². The third-order valence-electron chi connectivity index (χ3n) is 3.03. The van der Waals surface area contributed by atoms with Crippen LogP contribution in [0.25, 0.3) is 0 Å². The summed E-state index contributed by atoms with van der Waals surface area (Å²) in [6, 6.07) is 6.45. The highest BCUT2D eigenvalue weighted by Crippen LogP contribution is 2.32. The van der Waals surface area contributed by atoms with E-state index in [2.05, 4.69) is 0 Å².